The third kappa shape index (κ3) is 2.78. The summed E-state index contributed by atoms with van der Waals surface area (Å²) in [5.41, 5.74) is 6.52. The fraction of sp³-hybridized carbons (Fsp3) is 0.0870. The minimum atomic E-state index is -0.302. The molecule has 0 fully saturated rings. The van der Waals surface area contributed by atoms with Crippen molar-refractivity contribution in [2.45, 2.75) is 6.92 Å². The third-order valence-electron chi connectivity index (χ3n) is 5.64. The van der Waals surface area contributed by atoms with Gasteiger partial charge in [-0.05, 0) is 42.8 Å². The van der Waals surface area contributed by atoms with E-state index in [0.29, 0.717) is 28.2 Å². The molecular formula is C23H17FN8. The van der Waals surface area contributed by atoms with E-state index in [1.54, 1.807) is 18.5 Å². The van der Waals surface area contributed by atoms with Gasteiger partial charge in [0.1, 0.15) is 22.7 Å². The molecule has 9 heteroatoms. The van der Waals surface area contributed by atoms with Gasteiger partial charge in [-0.1, -0.05) is 12.1 Å². The number of hydrogen-bond acceptors (Lipinski definition) is 5. The summed E-state index contributed by atoms with van der Waals surface area (Å²) in [6, 6.07) is 12.1. The van der Waals surface area contributed by atoms with E-state index in [4.69, 9.17) is 9.97 Å². The molecule has 32 heavy (non-hydrogen) atoms. The molecule has 5 heterocycles. The molecule has 0 radical (unpaired) electrons. The number of hydrogen-bond donors (Lipinski definition) is 2. The molecule has 0 aliphatic heterocycles. The van der Waals surface area contributed by atoms with Crippen LogP contribution in [0.25, 0.3) is 56.2 Å². The summed E-state index contributed by atoms with van der Waals surface area (Å²) in [7, 11) is 1.96. The molecule has 0 aliphatic carbocycles. The molecule has 6 rings (SSSR count). The molecule has 8 nitrogen and oxygen atoms in total. The number of imidazole rings is 2. The average molecular weight is 424 g/mol. The minimum Gasteiger partial charge on any atom is -0.330 e. The third-order valence-corrected chi connectivity index (χ3v) is 5.64. The highest BCUT2D eigenvalue weighted by atomic mass is 19.1. The van der Waals surface area contributed by atoms with Gasteiger partial charge in [0.05, 0.1) is 23.1 Å². The zero-order chi connectivity index (χ0) is 21.8. The Morgan fingerprint density at radius 2 is 1.91 bits per heavy atom. The van der Waals surface area contributed by atoms with Gasteiger partial charge in [0.15, 0.2) is 17.2 Å². The lowest BCUT2D eigenvalue weighted by Crippen LogP contribution is -1.96. The average Bonchev–Trinajstić information content (AvgIpc) is 3.50. The van der Waals surface area contributed by atoms with Crippen molar-refractivity contribution < 1.29 is 4.39 Å². The number of pyridine rings is 2. The Bertz CT molecular complexity index is 1620. The predicted molar refractivity (Wildman–Crippen MR) is 119 cm³/mol. The van der Waals surface area contributed by atoms with Gasteiger partial charge >= 0.3 is 0 Å². The number of fused-ring (bicyclic) bond motifs is 2. The van der Waals surface area contributed by atoms with Gasteiger partial charge in [0.25, 0.3) is 0 Å². The van der Waals surface area contributed by atoms with Crippen LogP contribution in [0.5, 0.6) is 0 Å². The largest absolute Gasteiger partial charge is 0.330 e. The molecule has 2 N–H and O–H groups in total. The van der Waals surface area contributed by atoms with Crippen LogP contribution in [0.4, 0.5) is 4.39 Å². The normalized spacial score (nSPS) is 11.6. The first-order valence-electron chi connectivity index (χ1n) is 10.0. The molecule has 0 atom stereocenters. The molecular weight excluding hydrogens is 407 g/mol. The van der Waals surface area contributed by atoms with E-state index < -0.39 is 0 Å². The summed E-state index contributed by atoms with van der Waals surface area (Å²) in [5.74, 6) is 1.14. The van der Waals surface area contributed by atoms with Crippen LogP contribution in [-0.4, -0.2) is 39.7 Å². The number of aromatic amines is 2. The Morgan fingerprint density at radius 1 is 1.00 bits per heavy atom. The number of halogens is 1. The van der Waals surface area contributed by atoms with Crippen molar-refractivity contribution in [1.29, 1.82) is 0 Å². The molecule has 0 spiro atoms. The first-order valence-corrected chi connectivity index (χ1v) is 10.0. The van der Waals surface area contributed by atoms with Crippen molar-refractivity contribution in [3.8, 4) is 34.0 Å². The summed E-state index contributed by atoms with van der Waals surface area (Å²) < 4.78 is 15.8. The molecule has 156 valence electrons. The summed E-state index contributed by atoms with van der Waals surface area (Å²) in [6.07, 6.45) is 3.48. The van der Waals surface area contributed by atoms with Crippen molar-refractivity contribution in [3.63, 3.8) is 0 Å². The van der Waals surface area contributed by atoms with Crippen LogP contribution >= 0.6 is 0 Å². The predicted octanol–water partition coefficient (Wildman–Crippen LogP) is 4.41. The van der Waals surface area contributed by atoms with Gasteiger partial charge in [-0.15, -0.1) is 0 Å². The minimum absolute atomic E-state index is 0.302. The van der Waals surface area contributed by atoms with E-state index in [-0.39, 0.29) is 5.82 Å². The van der Waals surface area contributed by atoms with Crippen molar-refractivity contribution in [3.05, 3.63) is 66.5 Å². The van der Waals surface area contributed by atoms with Gasteiger partial charge < -0.3 is 9.55 Å². The lowest BCUT2D eigenvalue weighted by Gasteiger charge is -2.03. The summed E-state index contributed by atoms with van der Waals surface area (Å²) in [4.78, 5) is 21.6. The summed E-state index contributed by atoms with van der Waals surface area (Å²) in [6.45, 7) is 1.95. The fourth-order valence-corrected chi connectivity index (χ4v) is 3.86. The lowest BCUT2D eigenvalue weighted by atomic mass is 10.1. The highest BCUT2D eigenvalue weighted by Gasteiger charge is 2.18. The van der Waals surface area contributed by atoms with E-state index in [1.807, 2.05) is 42.8 Å². The van der Waals surface area contributed by atoms with Gasteiger partial charge in [-0.2, -0.15) is 5.10 Å². The van der Waals surface area contributed by atoms with E-state index in [2.05, 4.69) is 25.1 Å². The second-order valence-corrected chi connectivity index (χ2v) is 7.57. The Labute approximate surface area is 181 Å². The van der Waals surface area contributed by atoms with Gasteiger partial charge in [-0.3, -0.25) is 5.10 Å². The highest BCUT2D eigenvalue weighted by molar-refractivity contribution is 5.94. The molecule has 0 bridgehead atoms. The Kier molecular flexibility index (Phi) is 3.91. The molecule has 1 aromatic carbocycles. The van der Waals surface area contributed by atoms with E-state index in [9.17, 15) is 4.39 Å². The quantitative estimate of drug-likeness (QED) is 0.438. The first kappa shape index (κ1) is 18.4. The number of aromatic nitrogens is 8. The fourth-order valence-electron chi connectivity index (χ4n) is 3.86. The van der Waals surface area contributed by atoms with Crippen LogP contribution < -0.4 is 0 Å². The van der Waals surface area contributed by atoms with Crippen molar-refractivity contribution in [2.75, 3.05) is 0 Å². The molecule has 0 amide bonds. The van der Waals surface area contributed by atoms with Crippen LogP contribution in [0.2, 0.25) is 0 Å². The molecule has 0 aliphatic rings. The van der Waals surface area contributed by atoms with Crippen molar-refractivity contribution in [2.24, 2.45) is 7.05 Å². The maximum atomic E-state index is 13.8. The standard InChI is InChI=1S/C23H17FN8/c1-12-26-11-18(32(12)2)16-6-7-17-20(27-16)21(31-30-17)23-28-19-15(8-9-25-22(19)29-23)13-4-3-5-14(24)10-13/h3-11H,1-2H3,(H,30,31)(H,25,28,29). The Balaban J connectivity index is 1.52. The van der Waals surface area contributed by atoms with Crippen LogP contribution in [0, 0.1) is 12.7 Å². The van der Waals surface area contributed by atoms with Gasteiger partial charge in [-0.25, -0.2) is 24.3 Å². The topological polar surface area (TPSA) is 101 Å². The smallest absolute Gasteiger partial charge is 0.162 e. The van der Waals surface area contributed by atoms with E-state index >= 15 is 0 Å². The molecule has 0 saturated carbocycles. The Morgan fingerprint density at radius 3 is 2.72 bits per heavy atom. The zero-order valence-corrected chi connectivity index (χ0v) is 17.3. The highest BCUT2D eigenvalue weighted by Crippen LogP contribution is 2.31. The number of nitrogens with one attached hydrogen (secondary N) is 2. The second-order valence-electron chi connectivity index (χ2n) is 7.57. The monoisotopic (exact) mass is 424 g/mol. The van der Waals surface area contributed by atoms with E-state index in [1.165, 1.54) is 12.1 Å². The number of aryl methyl sites for hydroxylation is 1. The summed E-state index contributed by atoms with van der Waals surface area (Å²) in [5, 5.41) is 7.47. The zero-order valence-electron chi connectivity index (χ0n) is 17.3. The number of nitrogens with zero attached hydrogens (tertiary/aromatic N) is 6. The first-order chi connectivity index (χ1) is 15.6. The maximum Gasteiger partial charge on any atom is 0.162 e. The number of rotatable bonds is 3. The van der Waals surface area contributed by atoms with Crippen molar-refractivity contribution >= 4 is 22.2 Å². The van der Waals surface area contributed by atoms with E-state index in [0.717, 1.165) is 33.9 Å². The van der Waals surface area contributed by atoms with Crippen LogP contribution in [-0.2, 0) is 7.05 Å². The second kappa shape index (κ2) is 6.81. The molecule has 5 aromatic heterocycles. The number of benzene rings is 1. The molecule has 0 unspecified atom stereocenters. The lowest BCUT2D eigenvalue weighted by molar-refractivity contribution is 0.628. The van der Waals surface area contributed by atoms with Gasteiger partial charge in [0.2, 0.25) is 0 Å². The molecule has 0 saturated heterocycles. The van der Waals surface area contributed by atoms with Crippen LogP contribution in [0.1, 0.15) is 5.82 Å². The Hall–Kier alpha value is -4.40. The number of H-pyrrole nitrogens is 2. The maximum absolute atomic E-state index is 13.8. The van der Waals surface area contributed by atoms with Gasteiger partial charge in [0, 0.05) is 18.8 Å². The molecule has 6 aromatic rings. The van der Waals surface area contributed by atoms with Crippen LogP contribution in [0.3, 0.4) is 0 Å². The van der Waals surface area contributed by atoms with Crippen LogP contribution in [0.15, 0.2) is 54.9 Å². The SMILES string of the molecule is Cc1ncc(-c2ccc3[nH]nc(-c4nc5c(-c6cccc(F)c6)ccnc5[nH]4)c3n2)n1C. The van der Waals surface area contributed by atoms with Crippen molar-refractivity contribution in [1.82, 2.24) is 39.7 Å². The summed E-state index contributed by atoms with van der Waals surface area (Å²) >= 11 is 0.